The van der Waals surface area contributed by atoms with Crippen molar-refractivity contribution in [2.24, 2.45) is 0 Å². The Balaban J connectivity index is 1.97. The summed E-state index contributed by atoms with van der Waals surface area (Å²) >= 11 is 1.78. The third kappa shape index (κ3) is 8.07. The van der Waals surface area contributed by atoms with Crippen molar-refractivity contribution in [2.45, 2.75) is 39.3 Å². The Morgan fingerprint density at radius 2 is 2.19 bits per heavy atom. The second-order valence-corrected chi connectivity index (χ2v) is 7.37. The molecule has 0 amide bonds. The number of aryl methyl sites for hydroxylation is 1. The number of aromatic nitrogens is 2. The Morgan fingerprint density at radius 3 is 2.96 bits per heavy atom. The number of nitrogens with zero attached hydrogens (tertiary/aromatic N) is 2. The SMILES string of the molecule is CC/C=C(/C#Cc1cccccnc(C)[nH]1)SCCN1CCC(F)CC1. The predicted molar refractivity (Wildman–Crippen MR) is 109 cm³/mol. The maximum Gasteiger partial charge on any atom is 0.103 e. The van der Waals surface area contributed by atoms with Crippen LogP contribution >= 0.6 is 11.8 Å². The molecule has 1 aromatic heterocycles. The first-order chi connectivity index (χ1) is 12.7. The summed E-state index contributed by atoms with van der Waals surface area (Å²) in [5.74, 6) is 8.29. The van der Waals surface area contributed by atoms with Crippen molar-refractivity contribution in [3.63, 3.8) is 0 Å². The van der Waals surface area contributed by atoms with E-state index in [0.717, 1.165) is 48.2 Å². The third-order valence-electron chi connectivity index (χ3n) is 4.05. The van der Waals surface area contributed by atoms with Gasteiger partial charge in [0.25, 0.3) is 0 Å². The molecule has 0 radical (unpaired) electrons. The van der Waals surface area contributed by atoms with Crippen LogP contribution in [0.1, 0.15) is 37.7 Å². The largest absolute Gasteiger partial charge is 0.337 e. The first-order valence-electron chi connectivity index (χ1n) is 9.23. The van der Waals surface area contributed by atoms with Crippen LogP contribution in [0.2, 0.25) is 0 Å². The topological polar surface area (TPSA) is 31.9 Å². The van der Waals surface area contributed by atoms with Crippen LogP contribution in [-0.4, -0.2) is 46.4 Å². The molecule has 1 fully saturated rings. The van der Waals surface area contributed by atoms with Crippen LogP contribution in [0.25, 0.3) is 0 Å². The molecule has 0 spiro atoms. The monoisotopic (exact) mass is 373 g/mol. The minimum Gasteiger partial charge on any atom is -0.337 e. The molecule has 0 aromatic carbocycles. The number of rotatable bonds is 5. The molecule has 0 bridgehead atoms. The van der Waals surface area contributed by atoms with Crippen molar-refractivity contribution in [3.05, 3.63) is 53.0 Å². The van der Waals surface area contributed by atoms with E-state index in [0.29, 0.717) is 12.8 Å². The number of nitrogens with one attached hydrogen (secondary N) is 1. The number of allylic oxidation sites excluding steroid dienone is 2. The number of H-pyrrole nitrogens is 1. The zero-order chi connectivity index (χ0) is 18.6. The van der Waals surface area contributed by atoms with Gasteiger partial charge < -0.3 is 9.88 Å². The molecule has 1 N–H and O–H groups in total. The van der Waals surface area contributed by atoms with Crippen LogP contribution in [0.3, 0.4) is 0 Å². The van der Waals surface area contributed by atoms with E-state index in [9.17, 15) is 4.39 Å². The maximum atomic E-state index is 13.2. The Morgan fingerprint density at radius 1 is 1.38 bits per heavy atom. The third-order valence-corrected chi connectivity index (χ3v) is 5.01. The molecule has 0 aliphatic carbocycles. The Bertz CT molecular complexity index is 693. The molecule has 3 nitrogen and oxygen atoms in total. The quantitative estimate of drug-likeness (QED) is 0.762. The summed E-state index contributed by atoms with van der Waals surface area (Å²) in [7, 11) is 0. The van der Waals surface area contributed by atoms with Gasteiger partial charge in [-0.25, -0.2) is 9.37 Å². The fourth-order valence-corrected chi connectivity index (χ4v) is 3.61. The van der Waals surface area contributed by atoms with Crippen molar-refractivity contribution >= 4 is 11.8 Å². The van der Waals surface area contributed by atoms with E-state index in [1.165, 1.54) is 0 Å². The predicted octanol–water partition coefficient (Wildman–Crippen LogP) is 4.66. The van der Waals surface area contributed by atoms with Crippen LogP contribution in [-0.2, 0) is 0 Å². The Kier molecular flexibility index (Phi) is 9.30. The average molecular weight is 374 g/mol. The molecule has 0 atom stereocenters. The second-order valence-electron chi connectivity index (χ2n) is 6.24. The van der Waals surface area contributed by atoms with Gasteiger partial charge >= 0.3 is 0 Å². The fourth-order valence-electron chi connectivity index (χ4n) is 2.63. The summed E-state index contributed by atoms with van der Waals surface area (Å²) in [6, 6.07) is 7.73. The number of hydrogen-bond donors (Lipinski definition) is 1. The lowest BCUT2D eigenvalue weighted by Gasteiger charge is -2.28. The number of thioether (sulfide) groups is 1. The summed E-state index contributed by atoms with van der Waals surface area (Å²) < 4.78 is 13.2. The molecule has 5 heteroatoms. The molecule has 140 valence electrons. The second kappa shape index (κ2) is 11.8. The van der Waals surface area contributed by atoms with Crippen LogP contribution in [0.15, 0.2) is 41.4 Å². The zero-order valence-electron chi connectivity index (χ0n) is 15.7. The average Bonchev–Trinajstić information content (AvgIpc) is 2.73. The van der Waals surface area contributed by atoms with Crippen LogP contribution in [0.5, 0.6) is 0 Å². The molecule has 0 saturated carbocycles. The van der Waals surface area contributed by atoms with Crippen molar-refractivity contribution < 1.29 is 4.39 Å². The van der Waals surface area contributed by atoms with E-state index in [1.807, 2.05) is 31.2 Å². The van der Waals surface area contributed by atoms with E-state index in [1.54, 1.807) is 18.0 Å². The first kappa shape index (κ1) is 20.5. The van der Waals surface area contributed by atoms with Gasteiger partial charge in [0, 0.05) is 31.6 Å². The van der Waals surface area contributed by atoms with Gasteiger partial charge in [-0.15, -0.1) is 11.8 Å². The highest BCUT2D eigenvalue weighted by Gasteiger charge is 2.17. The molecule has 1 aliphatic rings. The van der Waals surface area contributed by atoms with Crippen LogP contribution < -0.4 is 0 Å². The number of likely N-dealkylation sites (tertiary alicyclic amines) is 1. The lowest BCUT2D eigenvalue weighted by atomic mass is 10.1. The maximum absolute atomic E-state index is 13.2. The molecule has 26 heavy (non-hydrogen) atoms. The molecular weight excluding hydrogens is 345 g/mol. The molecule has 0 unspecified atom stereocenters. The molecule has 1 aliphatic heterocycles. The highest BCUT2D eigenvalue weighted by Crippen LogP contribution is 2.18. The zero-order valence-corrected chi connectivity index (χ0v) is 16.5. The molecule has 2 heterocycles. The van der Waals surface area contributed by atoms with E-state index < -0.39 is 6.17 Å². The van der Waals surface area contributed by atoms with E-state index >= 15 is 0 Å². The first-order valence-corrected chi connectivity index (χ1v) is 10.2. The van der Waals surface area contributed by atoms with Gasteiger partial charge in [-0.3, -0.25) is 0 Å². The summed E-state index contributed by atoms with van der Waals surface area (Å²) in [5.41, 5.74) is 0.832. The van der Waals surface area contributed by atoms with Gasteiger partial charge in [-0.2, -0.15) is 0 Å². The highest BCUT2D eigenvalue weighted by molar-refractivity contribution is 8.03. The number of halogens is 1. The van der Waals surface area contributed by atoms with Gasteiger partial charge in [0.15, 0.2) is 0 Å². The number of aromatic amines is 1. The molecule has 2 rings (SSSR count). The van der Waals surface area contributed by atoms with Gasteiger partial charge in [0.1, 0.15) is 12.0 Å². The Labute approximate surface area is 160 Å². The molecule has 1 saturated heterocycles. The summed E-state index contributed by atoms with van der Waals surface area (Å²) in [6.07, 6.45) is 5.62. The normalized spacial score (nSPS) is 15.9. The van der Waals surface area contributed by atoms with Crippen molar-refractivity contribution in [1.29, 1.82) is 0 Å². The Hall–Kier alpha value is -1.77. The van der Waals surface area contributed by atoms with Gasteiger partial charge in [-0.05, 0) is 44.2 Å². The van der Waals surface area contributed by atoms with E-state index in [2.05, 4.69) is 39.7 Å². The van der Waals surface area contributed by atoms with Crippen LogP contribution in [0, 0.1) is 18.8 Å². The molecular formula is C21H28FN3S. The fraction of sp³-hybridized carbons (Fsp3) is 0.476. The standard InChI is InChI=1S/C21H28FN3S/c1-3-7-21(26-17-16-25-14-11-19(22)12-15-25)10-9-20-8-5-4-6-13-23-18(2)24-20/h4-8,13,19H,3,11-12,14-17H2,1-2H3,(H,23,24)/b5-4?,13-6?,20-8?,21-7-. The molecule has 1 aromatic rings. The lowest BCUT2D eigenvalue weighted by molar-refractivity contribution is 0.157. The summed E-state index contributed by atoms with van der Waals surface area (Å²) in [4.78, 5) is 10.9. The summed E-state index contributed by atoms with van der Waals surface area (Å²) in [5, 5.41) is 0. The van der Waals surface area contributed by atoms with Gasteiger partial charge in [-0.1, -0.05) is 31.1 Å². The van der Waals surface area contributed by atoms with Gasteiger partial charge in [0.05, 0.1) is 10.6 Å². The van der Waals surface area contributed by atoms with E-state index in [4.69, 9.17) is 0 Å². The summed E-state index contributed by atoms with van der Waals surface area (Å²) in [6.45, 7) is 6.77. The van der Waals surface area contributed by atoms with Crippen LogP contribution in [0.4, 0.5) is 4.39 Å². The minimum atomic E-state index is -0.606. The lowest BCUT2D eigenvalue weighted by Crippen LogP contribution is -2.35. The number of hydrogen-bond acceptors (Lipinski definition) is 3. The number of alkyl halides is 1. The minimum absolute atomic E-state index is 0.606. The van der Waals surface area contributed by atoms with E-state index in [-0.39, 0.29) is 0 Å². The van der Waals surface area contributed by atoms with Gasteiger partial charge in [0.2, 0.25) is 0 Å². The smallest absolute Gasteiger partial charge is 0.103 e. The van der Waals surface area contributed by atoms with Crippen molar-refractivity contribution in [3.8, 4) is 11.8 Å². The highest BCUT2D eigenvalue weighted by atomic mass is 32.2. The van der Waals surface area contributed by atoms with Crippen molar-refractivity contribution in [1.82, 2.24) is 14.9 Å². The van der Waals surface area contributed by atoms with Crippen molar-refractivity contribution in [2.75, 3.05) is 25.4 Å². The number of piperidine rings is 1.